The maximum atomic E-state index is 14.1. The van der Waals surface area contributed by atoms with E-state index in [1.165, 1.54) is 36.3 Å². The molecule has 0 bridgehead atoms. The van der Waals surface area contributed by atoms with Crippen molar-refractivity contribution in [2.24, 2.45) is 0 Å². The Balaban J connectivity index is 1.20. The number of amides is 1. The van der Waals surface area contributed by atoms with E-state index in [1.54, 1.807) is 11.1 Å². The Morgan fingerprint density at radius 1 is 1.08 bits per heavy atom. The van der Waals surface area contributed by atoms with Gasteiger partial charge in [-0.3, -0.25) is 0 Å². The van der Waals surface area contributed by atoms with Crippen molar-refractivity contribution < 1.29 is 55.9 Å². The Morgan fingerprint density at radius 2 is 1.89 bits per heavy atom. The van der Waals surface area contributed by atoms with Crippen LogP contribution in [0, 0.1) is 0 Å². The van der Waals surface area contributed by atoms with Gasteiger partial charge in [-0.05, 0) is 30.2 Å². The zero-order valence-electron chi connectivity index (χ0n) is 28.5. The van der Waals surface area contributed by atoms with Crippen LogP contribution in [0.2, 0.25) is 0 Å². The van der Waals surface area contributed by atoms with Crippen LogP contribution < -0.4 is 19.3 Å². The molecule has 1 spiro atoms. The topological polar surface area (TPSA) is 162 Å². The summed E-state index contributed by atoms with van der Waals surface area (Å²) in [5.41, 5.74) is 1.46. The molecule has 0 saturated carbocycles. The Bertz CT molecular complexity index is 1900. The molecule has 15 nitrogen and oxygen atoms in total. The van der Waals surface area contributed by atoms with Crippen LogP contribution in [0.1, 0.15) is 31.2 Å². The number of carbonyl (C=O) groups is 2. The fraction of sp³-hybridized carbons (Fsp3) is 0.471. The number of hydrogen-bond donors (Lipinski definition) is 1. The Labute approximate surface area is 300 Å². The largest absolute Gasteiger partial charge is 0.480 e. The molecule has 0 aromatic carbocycles. The molecular formula is C34H35F4N7O8. The number of hydrogen-bond acceptors (Lipinski definition) is 13. The number of alkyl halides is 4. The van der Waals surface area contributed by atoms with Gasteiger partial charge in [0.15, 0.2) is 5.82 Å². The van der Waals surface area contributed by atoms with E-state index in [2.05, 4.69) is 29.6 Å². The molecule has 0 unspecified atom stereocenters. The zero-order chi connectivity index (χ0) is 37.4. The Hall–Kier alpha value is -5.30. The molecule has 3 aromatic heterocycles. The first-order valence-electron chi connectivity index (χ1n) is 16.7. The quantitative estimate of drug-likeness (QED) is 0.296. The highest BCUT2D eigenvalue weighted by molar-refractivity contribution is 5.80. The number of methoxy groups -OCH3 is 1. The molecule has 1 amide bonds. The number of carbonyl (C=O) groups excluding carboxylic acids is 1. The summed E-state index contributed by atoms with van der Waals surface area (Å²) in [6, 6.07) is 5.64. The number of aromatic nitrogens is 4. The summed E-state index contributed by atoms with van der Waals surface area (Å²) in [6.45, 7) is 1.14. The summed E-state index contributed by atoms with van der Waals surface area (Å²) in [7, 11) is 1.32. The number of carboxylic acid groups (broad SMARTS) is 1. The molecule has 0 radical (unpaired) electrons. The van der Waals surface area contributed by atoms with E-state index in [-0.39, 0.29) is 42.1 Å². The molecule has 7 rings (SSSR count). The molecule has 4 aliphatic rings. The molecule has 3 saturated heterocycles. The molecule has 7 heterocycles. The summed E-state index contributed by atoms with van der Waals surface area (Å²) in [6.07, 6.45) is -0.931. The van der Waals surface area contributed by atoms with Gasteiger partial charge in [0.05, 0.1) is 50.9 Å². The predicted molar refractivity (Wildman–Crippen MR) is 177 cm³/mol. The van der Waals surface area contributed by atoms with Gasteiger partial charge in [-0.25, -0.2) is 38.3 Å². The Morgan fingerprint density at radius 3 is 2.58 bits per heavy atom. The fourth-order valence-electron chi connectivity index (χ4n) is 6.92. The SMILES string of the molecule is COC(=O)N1CC=C(c2cnc(O[C@H]3C[C@@H](C(=O)O)N(c4cc(-c5cccc(OC(F)F)n5)nc(C(F)F)n4)C3)c(N3CCOC4(COC4)[C@@H]3C)c2)C1. The molecule has 0 aliphatic carbocycles. The smallest absolute Gasteiger partial charge is 0.410 e. The number of aliphatic carboxylic acids is 1. The van der Waals surface area contributed by atoms with Crippen LogP contribution in [0.4, 0.5) is 33.9 Å². The molecule has 282 valence electrons. The van der Waals surface area contributed by atoms with Crippen molar-refractivity contribution in [1.82, 2.24) is 24.8 Å². The number of anilines is 2. The number of ether oxygens (including phenoxy) is 5. The second kappa shape index (κ2) is 14.6. The standard InChI is InChI=1S/C34H35F4N7O8/c1-18-34(16-50-17-34)51-9-8-44(18)24-10-20(19-6-7-43(14-19)33(48)49-2)13-39-30(24)52-21-11-25(31(46)47)45(15-21)26-12-23(41-29(42-26)28(35)36)22-4-3-5-27(40-22)53-32(37)38/h3-6,10,12-13,18,21,25,28,32H,7-9,11,14-17H2,1-2H3,(H,46,47)/t18-,21-,25-/m0/s1. The molecule has 19 heteroatoms. The van der Waals surface area contributed by atoms with Gasteiger partial charge < -0.3 is 43.5 Å². The molecule has 4 aliphatic heterocycles. The molecule has 1 N–H and O–H groups in total. The van der Waals surface area contributed by atoms with Gasteiger partial charge >= 0.3 is 18.7 Å². The van der Waals surface area contributed by atoms with Crippen molar-refractivity contribution in [1.29, 1.82) is 0 Å². The van der Waals surface area contributed by atoms with Gasteiger partial charge in [0.1, 0.15) is 29.3 Å². The van der Waals surface area contributed by atoms with Crippen LogP contribution in [0.3, 0.4) is 0 Å². The van der Waals surface area contributed by atoms with Crippen molar-refractivity contribution in [3.05, 3.63) is 54.0 Å². The number of halogens is 4. The highest BCUT2D eigenvalue weighted by atomic mass is 19.3. The molecule has 53 heavy (non-hydrogen) atoms. The Kier molecular flexibility index (Phi) is 9.95. The van der Waals surface area contributed by atoms with Crippen LogP contribution in [-0.4, -0.2) is 126 Å². The first-order chi connectivity index (χ1) is 25.4. The lowest BCUT2D eigenvalue weighted by Gasteiger charge is -2.53. The normalized spacial score (nSPS) is 22.3. The average molecular weight is 746 g/mol. The third-order valence-corrected chi connectivity index (χ3v) is 9.75. The molecule has 3 fully saturated rings. The predicted octanol–water partition coefficient (Wildman–Crippen LogP) is 4.04. The van der Waals surface area contributed by atoms with Crippen LogP contribution in [-0.2, 0) is 19.0 Å². The van der Waals surface area contributed by atoms with E-state index < -0.39 is 54.6 Å². The molecular weight excluding hydrogens is 710 g/mol. The van der Waals surface area contributed by atoms with Crippen LogP contribution in [0.5, 0.6) is 11.8 Å². The lowest BCUT2D eigenvalue weighted by atomic mass is 9.90. The van der Waals surface area contributed by atoms with Crippen LogP contribution >= 0.6 is 0 Å². The van der Waals surface area contributed by atoms with E-state index >= 15 is 0 Å². The van der Waals surface area contributed by atoms with Gasteiger partial charge in [0, 0.05) is 44.4 Å². The van der Waals surface area contributed by atoms with Crippen molar-refractivity contribution in [3.63, 3.8) is 0 Å². The maximum Gasteiger partial charge on any atom is 0.410 e. The molecule has 3 aromatic rings. The van der Waals surface area contributed by atoms with Crippen molar-refractivity contribution in [3.8, 4) is 23.1 Å². The second-order valence-electron chi connectivity index (χ2n) is 12.9. The second-order valence-corrected chi connectivity index (χ2v) is 12.9. The minimum absolute atomic E-state index is 0.0623. The maximum absolute atomic E-state index is 14.1. The van der Waals surface area contributed by atoms with Crippen LogP contribution in [0.15, 0.2) is 42.6 Å². The third-order valence-electron chi connectivity index (χ3n) is 9.75. The number of pyridine rings is 2. The van der Waals surface area contributed by atoms with Crippen molar-refractivity contribution in [2.75, 3.05) is 62.9 Å². The zero-order valence-corrected chi connectivity index (χ0v) is 28.5. The average Bonchev–Trinajstić information content (AvgIpc) is 3.79. The summed E-state index contributed by atoms with van der Waals surface area (Å²) in [4.78, 5) is 46.2. The first kappa shape index (κ1) is 36.1. The number of carboxylic acids is 1. The van der Waals surface area contributed by atoms with Crippen molar-refractivity contribution in [2.45, 2.75) is 50.2 Å². The lowest BCUT2D eigenvalue weighted by Crippen LogP contribution is -2.68. The lowest BCUT2D eigenvalue weighted by molar-refractivity contribution is -0.228. The number of nitrogens with zero attached hydrogens (tertiary/aromatic N) is 7. The van der Waals surface area contributed by atoms with Gasteiger partial charge in [-0.1, -0.05) is 12.1 Å². The molecule has 3 atom stereocenters. The van der Waals surface area contributed by atoms with Crippen molar-refractivity contribution >= 4 is 29.1 Å². The van der Waals surface area contributed by atoms with Gasteiger partial charge in [-0.15, -0.1) is 0 Å². The van der Waals surface area contributed by atoms with E-state index in [1.807, 2.05) is 19.1 Å². The van der Waals surface area contributed by atoms with E-state index in [0.29, 0.717) is 45.1 Å². The van der Waals surface area contributed by atoms with Gasteiger partial charge in [0.2, 0.25) is 11.8 Å². The number of rotatable bonds is 10. The number of morpholine rings is 1. The van der Waals surface area contributed by atoms with Gasteiger partial charge in [0.25, 0.3) is 6.43 Å². The van der Waals surface area contributed by atoms with E-state index in [9.17, 15) is 32.3 Å². The third kappa shape index (κ3) is 7.22. The van der Waals surface area contributed by atoms with Crippen LogP contribution in [0.25, 0.3) is 17.0 Å². The highest BCUT2D eigenvalue weighted by Gasteiger charge is 2.50. The first-order valence-corrected chi connectivity index (χ1v) is 16.7. The summed E-state index contributed by atoms with van der Waals surface area (Å²) < 4.78 is 81.2. The monoisotopic (exact) mass is 745 g/mol. The van der Waals surface area contributed by atoms with E-state index in [4.69, 9.17) is 18.9 Å². The summed E-state index contributed by atoms with van der Waals surface area (Å²) >= 11 is 0. The fourth-order valence-corrected chi connectivity index (χ4v) is 6.92. The minimum atomic E-state index is -3.17. The van der Waals surface area contributed by atoms with Gasteiger partial charge in [-0.2, -0.15) is 8.78 Å². The summed E-state index contributed by atoms with van der Waals surface area (Å²) in [5, 5.41) is 10.3. The highest BCUT2D eigenvalue weighted by Crippen LogP contribution is 2.41. The summed E-state index contributed by atoms with van der Waals surface area (Å²) in [5.74, 6) is -2.55. The van der Waals surface area contributed by atoms with E-state index in [0.717, 1.165) is 11.1 Å². The minimum Gasteiger partial charge on any atom is -0.480 e.